The highest BCUT2D eigenvalue weighted by molar-refractivity contribution is 6.76. The van der Waals surface area contributed by atoms with E-state index in [2.05, 4.69) is 29.6 Å². The Bertz CT molecular complexity index is 1130. The van der Waals surface area contributed by atoms with Crippen LogP contribution in [0, 0.1) is 0 Å². The summed E-state index contributed by atoms with van der Waals surface area (Å²) in [6.07, 6.45) is 8.87. The van der Waals surface area contributed by atoms with Crippen molar-refractivity contribution in [1.29, 1.82) is 0 Å². The molecule has 1 N–H and O–H groups in total. The monoisotopic (exact) mass is 414 g/mol. The molecule has 0 saturated heterocycles. The van der Waals surface area contributed by atoms with E-state index < -0.39 is 8.07 Å². The van der Waals surface area contributed by atoms with Crippen LogP contribution in [0.2, 0.25) is 25.7 Å². The summed E-state index contributed by atoms with van der Waals surface area (Å²) in [5, 5.41) is 1.31. The van der Waals surface area contributed by atoms with E-state index in [0.29, 0.717) is 17.6 Å². The zero-order chi connectivity index (χ0) is 20.6. The summed E-state index contributed by atoms with van der Waals surface area (Å²) in [6.45, 7) is 8.14. The first kappa shape index (κ1) is 20.1. The number of ether oxygens (including phenoxy) is 1. The highest BCUT2D eigenvalue weighted by Crippen LogP contribution is 2.31. The number of nitrogens with zero attached hydrogens (tertiary/aromatic N) is 3. The fourth-order valence-corrected chi connectivity index (χ4v) is 4.97. The highest BCUT2D eigenvalue weighted by atomic mass is 28.3. The molecule has 3 heterocycles. The maximum Gasteiger partial charge on any atom is 0.329 e. The molecule has 4 rings (SSSR count). The van der Waals surface area contributed by atoms with Crippen LogP contribution in [0.3, 0.4) is 0 Å². The van der Waals surface area contributed by atoms with Gasteiger partial charge in [0.25, 0.3) is 5.56 Å². The van der Waals surface area contributed by atoms with Gasteiger partial charge in [0.1, 0.15) is 12.4 Å². The SMILES string of the molecule is C[Si](C)(C)CCOCn1ccc2c1ncc1c(=O)[nH]c(=O)n(C3CCCCC3)c12. The molecule has 156 valence electrons. The Labute approximate surface area is 170 Å². The molecule has 0 radical (unpaired) electrons. The van der Waals surface area contributed by atoms with Crippen LogP contribution in [-0.2, 0) is 11.5 Å². The Kier molecular flexibility index (Phi) is 5.48. The standard InChI is InChI=1S/C21H30N4O3Si/c1-29(2,3)12-11-28-14-24-10-9-16-18-17(13-22-19(16)24)20(26)23-21(27)25(18)15-7-5-4-6-8-15/h9-10,13,15H,4-8,11-12,14H2,1-3H3,(H,23,26,27). The van der Waals surface area contributed by atoms with E-state index in [1.165, 1.54) is 6.42 Å². The number of H-pyrrole nitrogens is 1. The van der Waals surface area contributed by atoms with E-state index in [1.807, 2.05) is 16.8 Å². The van der Waals surface area contributed by atoms with E-state index in [-0.39, 0.29) is 17.3 Å². The van der Waals surface area contributed by atoms with E-state index in [9.17, 15) is 9.59 Å². The molecule has 8 heteroatoms. The molecule has 0 aliphatic heterocycles. The van der Waals surface area contributed by atoms with Crippen LogP contribution in [0.5, 0.6) is 0 Å². The molecule has 1 fully saturated rings. The summed E-state index contributed by atoms with van der Waals surface area (Å²) in [5.41, 5.74) is 0.767. The molecule has 0 atom stereocenters. The number of hydrogen-bond acceptors (Lipinski definition) is 4. The van der Waals surface area contributed by atoms with Gasteiger partial charge < -0.3 is 9.30 Å². The van der Waals surface area contributed by atoms with Gasteiger partial charge in [-0.05, 0) is 25.0 Å². The molecule has 1 saturated carbocycles. The number of hydrogen-bond donors (Lipinski definition) is 1. The second-order valence-electron chi connectivity index (χ2n) is 9.31. The van der Waals surface area contributed by atoms with Crippen molar-refractivity contribution in [1.82, 2.24) is 19.1 Å². The van der Waals surface area contributed by atoms with Gasteiger partial charge in [0.2, 0.25) is 0 Å². The molecule has 0 bridgehead atoms. The molecular formula is C21H30N4O3Si. The van der Waals surface area contributed by atoms with Crippen molar-refractivity contribution in [3.63, 3.8) is 0 Å². The lowest BCUT2D eigenvalue weighted by molar-refractivity contribution is 0.0899. The third-order valence-electron chi connectivity index (χ3n) is 5.85. The predicted molar refractivity (Wildman–Crippen MR) is 118 cm³/mol. The molecule has 3 aromatic rings. The average molecular weight is 415 g/mol. The third-order valence-corrected chi connectivity index (χ3v) is 7.56. The van der Waals surface area contributed by atoms with Gasteiger partial charge in [0.05, 0.1) is 10.9 Å². The zero-order valence-corrected chi connectivity index (χ0v) is 18.5. The Morgan fingerprint density at radius 3 is 2.66 bits per heavy atom. The maximum atomic E-state index is 12.8. The fourth-order valence-electron chi connectivity index (χ4n) is 4.21. The summed E-state index contributed by atoms with van der Waals surface area (Å²) in [7, 11) is -1.13. The molecular weight excluding hydrogens is 384 g/mol. The Balaban J connectivity index is 1.76. The van der Waals surface area contributed by atoms with E-state index >= 15 is 0 Å². The quantitative estimate of drug-likeness (QED) is 0.490. The van der Waals surface area contributed by atoms with Gasteiger partial charge in [0, 0.05) is 38.5 Å². The lowest BCUT2D eigenvalue weighted by Crippen LogP contribution is -2.34. The molecule has 7 nitrogen and oxygen atoms in total. The molecule has 0 amide bonds. The highest BCUT2D eigenvalue weighted by Gasteiger charge is 2.22. The van der Waals surface area contributed by atoms with Crippen molar-refractivity contribution in [2.45, 2.75) is 70.6 Å². The molecule has 0 unspecified atom stereocenters. The van der Waals surface area contributed by atoms with Crippen molar-refractivity contribution < 1.29 is 4.74 Å². The molecule has 0 spiro atoms. The number of fused-ring (bicyclic) bond motifs is 3. The Morgan fingerprint density at radius 1 is 1.17 bits per heavy atom. The van der Waals surface area contributed by atoms with Crippen molar-refractivity contribution >= 4 is 30.0 Å². The number of aromatic amines is 1. The minimum Gasteiger partial charge on any atom is -0.361 e. The topological polar surface area (TPSA) is 81.9 Å². The van der Waals surface area contributed by atoms with Crippen LogP contribution in [0.1, 0.15) is 38.1 Å². The largest absolute Gasteiger partial charge is 0.361 e. The first-order chi connectivity index (χ1) is 13.8. The van der Waals surface area contributed by atoms with E-state index in [0.717, 1.165) is 49.4 Å². The Morgan fingerprint density at radius 2 is 1.93 bits per heavy atom. The van der Waals surface area contributed by atoms with Gasteiger partial charge in [-0.1, -0.05) is 38.9 Å². The van der Waals surface area contributed by atoms with Gasteiger partial charge in [-0.15, -0.1) is 0 Å². The summed E-state index contributed by atoms with van der Waals surface area (Å²) in [6, 6.07) is 3.18. The van der Waals surface area contributed by atoms with Gasteiger partial charge in [0.15, 0.2) is 0 Å². The lowest BCUT2D eigenvalue weighted by Gasteiger charge is -2.25. The average Bonchev–Trinajstić information content (AvgIpc) is 3.09. The normalized spacial score (nSPS) is 16.1. The van der Waals surface area contributed by atoms with E-state index in [1.54, 1.807) is 10.8 Å². The first-order valence-electron chi connectivity index (χ1n) is 10.6. The van der Waals surface area contributed by atoms with Crippen molar-refractivity contribution in [2.24, 2.45) is 0 Å². The van der Waals surface area contributed by atoms with Gasteiger partial charge in [-0.2, -0.15) is 0 Å². The minimum absolute atomic E-state index is 0.123. The molecule has 0 aromatic carbocycles. The maximum absolute atomic E-state index is 12.8. The van der Waals surface area contributed by atoms with Crippen LogP contribution in [0.25, 0.3) is 21.9 Å². The second-order valence-corrected chi connectivity index (χ2v) is 14.9. The summed E-state index contributed by atoms with van der Waals surface area (Å²) in [5.74, 6) is 0. The summed E-state index contributed by atoms with van der Waals surface area (Å²) >= 11 is 0. The fraction of sp³-hybridized carbons (Fsp3) is 0.571. The molecule has 3 aromatic heterocycles. The molecule has 29 heavy (non-hydrogen) atoms. The van der Waals surface area contributed by atoms with Crippen molar-refractivity contribution in [3.8, 4) is 0 Å². The van der Waals surface area contributed by atoms with Crippen LogP contribution in [0.4, 0.5) is 0 Å². The van der Waals surface area contributed by atoms with E-state index in [4.69, 9.17) is 4.74 Å². The first-order valence-corrected chi connectivity index (χ1v) is 14.3. The predicted octanol–water partition coefficient (Wildman–Crippen LogP) is 3.86. The van der Waals surface area contributed by atoms with Gasteiger partial charge >= 0.3 is 5.69 Å². The second kappa shape index (κ2) is 7.91. The van der Waals surface area contributed by atoms with Crippen LogP contribution < -0.4 is 11.2 Å². The number of aromatic nitrogens is 4. The zero-order valence-electron chi connectivity index (χ0n) is 17.5. The lowest BCUT2D eigenvalue weighted by atomic mass is 9.95. The smallest absolute Gasteiger partial charge is 0.329 e. The van der Waals surface area contributed by atoms with Crippen molar-refractivity contribution in [3.05, 3.63) is 39.3 Å². The van der Waals surface area contributed by atoms with Crippen molar-refractivity contribution in [2.75, 3.05) is 6.61 Å². The molecule has 1 aliphatic rings. The Hall–Kier alpha value is -2.19. The van der Waals surface area contributed by atoms with Crippen LogP contribution >= 0.6 is 0 Å². The summed E-state index contributed by atoms with van der Waals surface area (Å²) < 4.78 is 9.65. The number of pyridine rings is 1. The van der Waals surface area contributed by atoms with Crippen LogP contribution in [0.15, 0.2) is 28.0 Å². The van der Waals surface area contributed by atoms with Gasteiger partial charge in [-0.25, -0.2) is 9.78 Å². The minimum atomic E-state index is -1.13. The number of nitrogens with one attached hydrogen (secondary N) is 1. The summed E-state index contributed by atoms with van der Waals surface area (Å²) in [4.78, 5) is 32.2. The van der Waals surface area contributed by atoms with Crippen LogP contribution in [-0.4, -0.2) is 33.8 Å². The molecule has 1 aliphatic carbocycles. The van der Waals surface area contributed by atoms with Gasteiger partial charge in [-0.3, -0.25) is 14.3 Å². The number of rotatable bonds is 6. The third kappa shape index (κ3) is 4.09.